The number of non-ortho nitro benzene ring substituents is 1. The molecule has 0 bridgehead atoms. The molecule has 2 atom stereocenters. The highest BCUT2D eigenvalue weighted by atomic mass is 16.6. The van der Waals surface area contributed by atoms with Gasteiger partial charge in [0, 0.05) is 12.1 Å². The third-order valence-electron chi connectivity index (χ3n) is 4.80. The molecule has 0 spiro atoms. The van der Waals surface area contributed by atoms with Crippen molar-refractivity contribution in [1.29, 1.82) is 5.26 Å². The minimum Gasteiger partial charge on any atom is -0.258 e. The van der Waals surface area contributed by atoms with Gasteiger partial charge in [-0.05, 0) is 37.2 Å². The lowest BCUT2D eigenvalue weighted by Crippen LogP contribution is -2.27. The van der Waals surface area contributed by atoms with Gasteiger partial charge in [0.25, 0.3) is 5.69 Å². The van der Waals surface area contributed by atoms with Crippen molar-refractivity contribution in [3.63, 3.8) is 0 Å². The van der Waals surface area contributed by atoms with Crippen LogP contribution in [0, 0.1) is 32.8 Å². The standard InChI is InChI=1S/C17H22N2O2/c1-2-14-4-3-10-17(12-14,13-18)11-9-15-5-7-16(8-6-15)19(20)21/h5-8,14H,2-4,9-12H2,1H3. The van der Waals surface area contributed by atoms with Gasteiger partial charge in [-0.1, -0.05) is 38.3 Å². The minimum atomic E-state index is -0.381. The summed E-state index contributed by atoms with van der Waals surface area (Å²) in [6.07, 6.45) is 7.23. The third-order valence-corrected chi connectivity index (χ3v) is 4.80. The van der Waals surface area contributed by atoms with Gasteiger partial charge < -0.3 is 0 Å². The Morgan fingerprint density at radius 1 is 1.43 bits per heavy atom. The largest absolute Gasteiger partial charge is 0.269 e. The summed E-state index contributed by atoms with van der Waals surface area (Å²) in [6, 6.07) is 9.28. The Kier molecular flexibility index (Phi) is 4.95. The second-order valence-electron chi connectivity index (χ2n) is 6.19. The number of nitriles is 1. The first-order chi connectivity index (χ1) is 10.1. The predicted molar refractivity (Wildman–Crippen MR) is 81.7 cm³/mol. The van der Waals surface area contributed by atoms with E-state index in [2.05, 4.69) is 13.0 Å². The molecule has 0 amide bonds. The van der Waals surface area contributed by atoms with Crippen molar-refractivity contribution in [3.05, 3.63) is 39.9 Å². The first-order valence-corrected chi connectivity index (χ1v) is 7.73. The summed E-state index contributed by atoms with van der Waals surface area (Å²) in [7, 11) is 0. The molecule has 4 nitrogen and oxygen atoms in total. The highest BCUT2D eigenvalue weighted by molar-refractivity contribution is 5.33. The predicted octanol–water partition coefficient (Wildman–Crippen LogP) is 4.64. The Balaban J connectivity index is 2.00. The number of rotatable bonds is 5. The van der Waals surface area contributed by atoms with Gasteiger partial charge in [0.05, 0.1) is 16.4 Å². The van der Waals surface area contributed by atoms with Gasteiger partial charge in [0.2, 0.25) is 0 Å². The van der Waals surface area contributed by atoms with E-state index in [9.17, 15) is 15.4 Å². The molecule has 2 rings (SSSR count). The van der Waals surface area contributed by atoms with Crippen LogP contribution in [0.5, 0.6) is 0 Å². The fourth-order valence-electron chi connectivity index (χ4n) is 3.39. The zero-order valence-corrected chi connectivity index (χ0v) is 12.5. The fraction of sp³-hybridized carbons (Fsp3) is 0.588. The molecule has 0 aromatic heterocycles. The van der Waals surface area contributed by atoms with Crippen molar-refractivity contribution in [1.82, 2.24) is 0 Å². The molecule has 0 radical (unpaired) electrons. The molecule has 2 unspecified atom stereocenters. The van der Waals surface area contributed by atoms with Crippen LogP contribution in [0.1, 0.15) is 51.0 Å². The molecular weight excluding hydrogens is 264 g/mol. The van der Waals surface area contributed by atoms with E-state index in [1.807, 2.05) is 12.1 Å². The number of benzene rings is 1. The van der Waals surface area contributed by atoms with Crippen LogP contribution in [0.25, 0.3) is 0 Å². The van der Waals surface area contributed by atoms with Crippen molar-refractivity contribution < 1.29 is 4.92 Å². The summed E-state index contributed by atoms with van der Waals surface area (Å²) in [5.74, 6) is 0.676. The Morgan fingerprint density at radius 2 is 2.14 bits per heavy atom. The molecule has 1 saturated carbocycles. The van der Waals surface area contributed by atoms with Crippen LogP contribution < -0.4 is 0 Å². The zero-order valence-electron chi connectivity index (χ0n) is 12.5. The van der Waals surface area contributed by atoms with Crippen molar-refractivity contribution in [2.75, 3.05) is 0 Å². The number of nitro benzene ring substituents is 1. The Morgan fingerprint density at radius 3 is 2.71 bits per heavy atom. The van der Waals surface area contributed by atoms with Gasteiger partial charge in [-0.3, -0.25) is 10.1 Å². The second kappa shape index (κ2) is 6.71. The number of aryl methyl sites for hydroxylation is 1. The molecule has 1 aromatic carbocycles. The Labute approximate surface area is 125 Å². The van der Waals surface area contributed by atoms with E-state index >= 15 is 0 Å². The summed E-state index contributed by atoms with van der Waals surface area (Å²) >= 11 is 0. The molecule has 0 aliphatic heterocycles. The zero-order chi connectivity index (χ0) is 15.3. The van der Waals surface area contributed by atoms with Crippen molar-refractivity contribution in [2.24, 2.45) is 11.3 Å². The topological polar surface area (TPSA) is 66.9 Å². The number of nitrogens with zero attached hydrogens (tertiary/aromatic N) is 2. The SMILES string of the molecule is CCC1CCCC(C#N)(CCc2ccc([N+](=O)[O-])cc2)C1. The molecular formula is C17H22N2O2. The van der Waals surface area contributed by atoms with E-state index in [0.717, 1.165) is 44.1 Å². The van der Waals surface area contributed by atoms with Crippen molar-refractivity contribution in [2.45, 2.75) is 51.9 Å². The first kappa shape index (κ1) is 15.5. The van der Waals surface area contributed by atoms with Gasteiger partial charge in [-0.25, -0.2) is 0 Å². The van der Waals surface area contributed by atoms with Crippen LogP contribution in [0.2, 0.25) is 0 Å². The third kappa shape index (κ3) is 3.81. The summed E-state index contributed by atoms with van der Waals surface area (Å²) in [5.41, 5.74) is 1.01. The number of hydrogen-bond acceptors (Lipinski definition) is 3. The van der Waals surface area contributed by atoms with Crippen LogP contribution >= 0.6 is 0 Å². The van der Waals surface area contributed by atoms with E-state index in [0.29, 0.717) is 5.92 Å². The average Bonchev–Trinajstić information content (AvgIpc) is 2.53. The van der Waals surface area contributed by atoms with Gasteiger partial charge in [-0.15, -0.1) is 0 Å². The molecule has 1 aliphatic rings. The first-order valence-electron chi connectivity index (χ1n) is 7.73. The van der Waals surface area contributed by atoms with Crippen molar-refractivity contribution >= 4 is 5.69 Å². The average molecular weight is 286 g/mol. The van der Waals surface area contributed by atoms with Gasteiger partial charge in [0.15, 0.2) is 0 Å². The molecule has 0 heterocycles. The smallest absolute Gasteiger partial charge is 0.258 e. The maximum Gasteiger partial charge on any atom is 0.269 e. The van der Waals surface area contributed by atoms with E-state index in [1.165, 1.54) is 6.42 Å². The molecule has 1 aliphatic carbocycles. The van der Waals surface area contributed by atoms with Gasteiger partial charge in [0.1, 0.15) is 0 Å². The fourth-order valence-corrected chi connectivity index (χ4v) is 3.39. The molecule has 0 saturated heterocycles. The molecule has 0 N–H and O–H groups in total. The molecule has 1 aromatic rings. The molecule has 4 heteroatoms. The highest BCUT2D eigenvalue weighted by Crippen LogP contribution is 2.43. The Hall–Kier alpha value is -1.89. The maximum atomic E-state index is 10.6. The number of hydrogen-bond donors (Lipinski definition) is 0. The molecule has 21 heavy (non-hydrogen) atoms. The monoisotopic (exact) mass is 286 g/mol. The molecule has 1 fully saturated rings. The summed E-state index contributed by atoms with van der Waals surface area (Å²) in [4.78, 5) is 10.3. The normalized spacial score (nSPS) is 25.2. The Bertz CT molecular complexity index is 533. The van der Waals surface area contributed by atoms with E-state index in [1.54, 1.807) is 12.1 Å². The van der Waals surface area contributed by atoms with Gasteiger partial charge >= 0.3 is 0 Å². The van der Waals surface area contributed by atoms with Crippen LogP contribution in [-0.2, 0) is 6.42 Å². The highest BCUT2D eigenvalue weighted by Gasteiger charge is 2.35. The summed E-state index contributed by atoms with van der Waals surface area (Å²) in [5, 5.41) is 20.3. The van der Waals surface area contributed by atoms with Crippen LogP contribution in [0.15, 0.2) is 24.3 Å². The number of nitro groups is 1. The van der Waals surface area contributed by atoms with Crippen LogP contribution in [-0.4, -0.2) is 4.92 Å². The lowest BCUT2D eigenvalue weighted by Gasteiger charge is -2.35. The maximum absolute atomic E-state index is 10.6. The lowest BCUT2D eigenvalue weighted by atomic mass is 9.67. The van der Waals surface area contributed by atoms with E-state index in [4.69, 9.17) is 0 Å². The van der Waals surface area contributed by atoms with E-state index in [-0.39, 0.29) is 16.0 Å². The molecule has 112 valence electrons. The van der Waals surface area contributed by atoms with Crippen LogP contribution in [0.3, 0.4) is 0 Å². The summed E-state index contributed by atoms with van der Waals surface area (Å²) in [6.45, 7) is 2.20. The summed E-state index contributed by atoms with van der Waals surface area (Å²) < 4.78 is 0. The van der Waals surface area contributed by atoms with E-state index < -0.39 is 0 Å². The quantitative estimate of drug-likeness (QED) is 0.585. The lowest BCUT2D eigenvalue weighted by molar-refractivity contribution is -0.384. The van der Waals surface area contributed by atoms with Crippen molar-refractivity contribution in [3.8, 4) is 6.07 Å². The minimum absolute atomic E-state index is 0.123. The second-order valence-corrected chi connectivity index (χ2v) is 6.19. The van der Waals surface area contributed by atoms with Gasteiger partial charge in [-0.2, -0.15) is 5.26 Å². The van der Waals surface area contributed by atoms with Crippen LogP contribution in [0.4, 0.5) is 5.69 Å².